The van der Waals surface area contributed by atoms with E-state index in [1.54, 1.807) is 0 Å². The molecule has 0 radical (unpaired) electrons. The number of hydrogen-bond donors (Lipinski definition) is 1. The summed E-state index contributed by atoms with van der Waals surface area (Å²) in [5.74, 6) is -0.539. The van der Waals surface area contributed by atoms with Gasteiger partial charge in [0.15, 0.2) is 0 Å². The average Bonchev–Trinajstić information content (AvgIpc) is 2.64. The van der Waals surface area contributed by atoms with Crippen molar-refractivity contribution in [2.24, 2.45) is 5.16 Å². The standard InChI is InChI=1S/C16H11Cl2N3O7S/c17-9-1-3-12-14(19-28-29(25,26)27)5-6-20(15(12)7-9)16(22)11-4-2-10(21(23)24)8-13(11)18/h1-4,7-8H,5-6H2,(H,25,26,27)/b19-14-. The number of nitro benzene ring substituents is 1. The van der Waals surface area contributed by atoms with E-state index < -0.39 is 21.2 Å². The fourth-order valence-corrected chi connectivity index (χ4v) is 3.39. The lowest BCUT2D eigenvalue weighted by Gasteiger charge is -2.30. The Morgan fingerprint density at radius 1 is 1.24 bits per heavy atom. The zero-order valence-corrected chi connectivity index (χ0v) is 16.6. The number of amides is 1. The first-order valence-corrected chi connectivity index (χ1v) is 9.97. The third-order valence-corrected chi connectivity index (χ3v) is 4.83. The third kappa shape index (κ3) is 4.65. The molecule has 13 heteroatoms. The number of halogens is 2. The van der Waals surface area contributed by atoms with E-state index in [9.17, 15) is 23.3 Å². The second-order valence-electron chi connectivity index (χ2n) is 5.83. The third-order valence-electron chi connectivity index (χ3n) is 4.01. The summed E-state index contributed by atoms with van der Waals surface area (Å²) in [6.07, 6.45) is 0.0977. The molecule has 1 aliphatic rings. The number of rotatable bonds is 4. The Morgan fingerprint density at radius 3 is 2.59 bits per heavy atom. The van der Waals surface area contributed by atoms with E-state index in [0.29, 0.717) is 16.3 Å². The molecule has 0 aliphatic carbocycles. The van der Waals surface area contributed by atoms with Crippen LogP contribution in [-0.4, -0.2) is 36.1 Å². The summed E-state index contributed by atoms with van der Waals surface area (Å²) in [5.41, 5.74) is 0.618. The van der Waals surface area contributed by atoms with Crippen LogP contribution in [0.5, 0.6) is 0 Å². The topological polar surface area (TPSA) is 139 Å². The van der Waals surface area contributed by atoms with Crippen molar-refractivity contribution in [1.29, 1.82) is 0 Å². The Bertz CT molecular complexity index is 1150. The number of carbonyl (C=O) groups is 1. The minimum absolute atomic E-state index is 0.0396. The highest BCUT2D eigenvalue weighted by molar-refractivity contribution is 7.80. The van der Waals surface area contributed by atoms with Gasteiger partial charge in [-0.2, -0.15) is 8.42 Å². The van der Waals surface area contributed by atoms with Crippen molar-refractivity contribution in [2.45, 2.75) is 6.42 Å². The molecule has 0 fully saturated rings. The van der Waals surface area contributed by atoms with Crippen molar-refractivity contribution in [3.05, 3.63) is 67.7 Å². The molecule has 2 aromatic carbocycles. The lowest BCUT2D eigenvalue weighted by Crippen LogP contribution is -2.38. The van der Waals surface area contributed by atoms with Gasteiger partial charge in [0.05, 0.1) is 26.9 Å². The zero-order chi connectivity index (χ0) is 21.3. The smallest absolute Gasteiger partial charge is 0.307 e. The van der Waals surface area contributed by atoms with E-state index in [4.69, 9.17) is 27.8 Å². The van der Waals surface area contributed by atoms with Crippen LogP contribution in [0.4, 0.5) is 11.4 Å². The molecule has 1 heterocycles. The molecule has 10 nitrogen and oxygen atoms in total. The van der Waals surface area contributed by atoms with E-state index in [-0.39, 0.29) is 35.0 Å². The van der Waals surface area contributed by atoms with Crippen LogP contribution in [0.15, 0.2) is 41.6 Å². The maximum atomic E-state index is 13.0. The van der Waals surface area contributed by atoms with Gasteiger partial charge >= 0.3 is 10.4 Å². The quantitative estimate of drug-likeness (QED) is 0.419. The van der Waals surface area contributed by atoms with Gasteiger partial charge in [0, 0.05) is 35.7 Å². The second-order valence-corrected chi connectivity index (χ2v) is 7.68. The summed E-state index contributed by atoms with van der Waals surface area (Å²) < 4.78 is 34.4. The zero-order valence-electron chi connectivity index (χ0n) is 14.3. The summed E-state index contributed by atoms with van der Waals surface area (Å²) >= 11 is 12.1. The van der Waals surface area contributed by atoms with Crippen LogP contribution in [0.2, 0.25) is 10.0 Å². The van der Waals surface area contributed by atoms with Gasteiger partial charge in [-0.25, -0.2) is 4.28 Å². The van der Waals surface area contributed by atoms with Crippen molar-refractivity contribution >= 4 is 56.6 Å². The molecule has 1 aliphatic heterocycles. The molecule has 152 valence electrons. The van der Waals surface area contributed by atoms with Crippen LogP contribution in [-0.2, 0) is 14.7 Å². The minimum Gasteiger partial charge on any atom is -0.307 e. The first-order valence-electron chi connectivity index (χ1n) is 7.85. The lowest BCUT2D eigenvalue weighted by molar-refractivity contribution is -0.384. The van der Waals surface area contributed by atoms with Gasteiger partial charge in [-0.15, -0.1) is 0 Å². The largest absolute Gasteiger partial charge is 0.466 e. The minimum atomic E-state index is -4.79. The van der Waals surface area contributed by atoms with E-state index in [1.165, 1.54) is 29.2 Å². The van der Waals surface area contributed by atoms with Crippen molar-refractivity contribution in [1.82, 2.24) is 0 Å². The molecule has 0 saturated carbocycles. The molecule has 29 heavy (non-hydrogen) atoms. The lowest BCUT2D eigenvalue weighted by atomic mass is 9.98. The molecule has 0 spiro atoms. The van der Waals surface area contributed by atoms with Crippen LogP contribution >= 0.6 is 23.2 Å². The number of anilines is 1. The van der Waals surface area contributed by atoms with Crippen LogP contribution in [0.25, 0.3) is 0 Å². The van der Waals surface area contributed by atoms with Crippen molar-refractivity contribution in [3.63, 3.8) is 0 Å². The summed E-state index contributed by atoms with van der Waals surface area (Å²) in [4.78, 5) is 24.6. The van der Waals surface area contributed by atoms with E-state index in [2.05, 4.69) is 9.44 Å². The van der Waals surface area contributed by atoms with Crippen LogP contribution < -0.4 is 4.90 Å². The highest BCUT2D eigenvalue weighted by atomic mass is 35.5. The van der Waals surface area contributed by atoms with Crippen molar-refractivity contribution in [2.75, 3.05) is 11.4 Å². The normalized spacial score (nSPS) is 15.1. The first kappa shape index (κ1) is 21.0. The molecule has 3 rings (SSSR count). The fourth-order valence-electron chi connectivity index (χ4n) is 2.78. The molecule has 1 N–H and O–H groups in total. The van der Waals surface area contributed by atoms with E-state index in [0.717, 1.165) is 12.1 Å². The number of oxime groups is 1. The van der Waals surface area contributed by atoms with Gasteiger partial charge in [-0.1, -0.05) is 28.4 Å². The highest BCUT2D eigenvalue weighted by Crippen LogP contribution is 2.33. The van der Waals surface area contributed by atoms with E-state index in [1.807, 2.05) is 0 Å². The van der Waals surface area contributed by atoms with Gasteiger partial charge < -0.3 is 4.90 Å². The average molecular weight is 460 g/mol. The molecule has 0 atom stereocenters. The second kappa shape index (κ2) is 7.95. The number of fused-ring (bicyclic) bond motifs is 1. The number of non-ortho nitro benzene ring substituents is 1. The SMILES string of the molecule is O=C(c1ccc([N+](=O)[O-])cc1Cl)N1CC/C(=N/OS(=O)(=O)O)c2ccc(Cl)cc21. The number of nitro groups is 1. The highest BCUT2D eigenvalue weighted by Gasteiger charge is 2.29. The molecule has 0 aromatic heterocycles. The van der Waals surface area contributed by atoms with Gasteiger partial charge in [0.25, 0.3) is 11.6 Å². The Morgan fingerprint density at radius 2 is 1.97 bits per heavy atom. The monoisotopic (exact) mass is 459 g/mol. The summed E-state index contributed by atoms with van der Waals surface area (Å²) in [5, 5.41) is 14.5. The molecule has 0 unspecified atom stereocenters. The summed E-state index contributed by atoms with van der Waals surface area (Å²) in [6, 6.07) is 7.98. The van der Waals surface area contributed by atoms with Crippen molar-refractivity contribution < 1.29 is 27.0 Å². The summed E-state index contributed by atoms with van der Waals surface area (Å²) in [6.45, 7) is 0.0627. The first-order chi connectivity index (χ1) is 13.6. The fraction of sp³-hybridized carbons (Fsp3) is 0.125. The van der Waals surface area contributed by atoms with Crippen LogP contribution in [0, 0.1) is 10.1 Å². The Hall–Kier alpha value is -2.73. The Kier molecular flexibility index (Phi) is 5.75. The molecule has 0 saturated heterocycles. The van der Waals surface area contributed by atoms with Gasteiger partial charge in [0.1, 0.15) is 0 Å². The molecule has 1 amide bonds. The van der Waals surface area contributed by atoms with Gasteiger partial charge in [0.2, 0.25) is 0 Å². The predicted octanol–water partition coefficient (Wildman–Crippen LogP) is 3.48. The Balaban J connectivity index is 2.02. The van der Waals surface area contributed by atoms with Gasteiger partial charge in [-0.3, -0.25) is 19.5 Å². The van der Waals surface area contributed by atoms with Crippen LogP contribution in [0.3, 0.4) is 0 Å². The maximum absolute atomic E-state index is 13.0. The summed E-state index contributed by atoms with van der Waals surface area (Å²) in [7, 11) is -4.79. The predicted molar refractivity (Wildman–Crippen MR) is 105 cm³/mol. The number of nitrogens with zero attached hydrogens (tertiary/aromatic N) is 3. The van der Waals surface area contributed by atoms with Crippen molar-refractivity contribution in [3.8, 4) is 0 Å². The Labute approximate surface area is 174 Å². The number of hydrogen-bond acceptors (Lipinski definition) is 7. The molecular weight excluding hydrogens is 449 g/mol. The van der Waals surface area contributed by atoms with Crippen LogP contribution in [0.1, 0.15) is 22.3 Å². The van der Waals surface area contributed by atoms with Gasteiger partial charge in [-0.05, 0) is 24.3 Å². The molecule has 2 aromatic rings. The number of benzene rings is 2. The number of carbonyl (C=O) groups excluding carboxylic acids is 1. The molecular formula is C16H11Cl2N3O7S. The van der Waals surface area contributed by atoms with E-state index >= 15 is 0 Å². The maximum Gasteiger partial charge on any atom is 0.466 e. The molecule has 0 bridgehead atoms.